The monoisotopic (exact) mass is 268 g/mol. The first-order valence-corrected chi connectivity index (χ1v) is 7.06. The molecule has 1 saturated carbocycles. The Balaban J connectivity index is 1.60. The average Bonchev–Trinajstić information content (AvgIpc) is 3.25. The molecule has 0 radical (unpaired) electrons. The van der Waals surface area contributed by atoms with Gasteiger partial charge in [0.2, 0.25) is 0 Å². The molecule has 0 saturated heterocycles. The minimum absolute atomic E-state index is 0.425. The van der Waals surface area contributed by atoms with Crippen molar-refractivity contribution in [3.8, 4) is 11.5 Å². The molecule has 20 heavy (non-hydrogen) atoms. The number of rotatable bonds is 5. The molecule has 1 fully saturated rings. The highest BCUT2D eigenvalue weighted by molar-refractivity contribution is 5.35. The van der Waals surface area contributed by atoms with Crippen LogP contribution in [-0.4, -0.2) is 7.11 Å². The van der Waals surface area contributed by atoms with Gasteiger partial charge in [-0.15, -0.1) is 0 Å². The fourth-order valence-corrected chi connectivity index (χ4v) is 2.32. The van der Waals surface area contributed by atoms with Crippen LogP contribution in [0.4, 0.5) is 0 Å². The first kappa shape index (κ1) is 13.0. The lowest BCUT2D eigenvalue weighted by atomic mass is 9.99. The molecule has 2 nitrogen and oxygen atoms in total. The molecular weight excluding hydrogens is 248 g/mol. The van der Waals surface area contributed by atoms with E-state index in [1.165, 1.54) is 18.4 Å². The summed E-state index contributed by atoms with van der Waals surface area (Å²) in [5, 5.41) is 0. The molecule has 3 rings (SSSR count). The van der Waals surface area contributed by atoms with E-state index in [-0.39, 0.29) is 0 Å². The molecule has 0 bridgehead atoms. The molecule has 0 N–H and O–H groups in total. The van der Waals surface area contributed by atoms with Gasteiger partial charge >= 0.3 is 0 Å². The summed E-state index contributed by atoms with van der Waals surface area (Å²) in [6, 6.07) is 16.5. The molecule has 0 aliphatic heterocycles. The molecule has 2 heteroatoms. The van der Waals surface area contributed by atoms with Crippen LogP contribution < -0.4 is 9.47 Å². The zero-order valence-corrected chi connectivity index (χ0v) is 12.1. The third-order valence-corrected chi connectivity index (χ3v) is 4.12. The minimum Gasteiger partial charge on any atom is -0.497 e. The van der Waals surface area contributed by atoms with Crippen molar-refractivity contribution < 1.29 is 9.47 Å². The molecule has 0 amide bonds. The highest BCUT2D eigenvalue weighted by atomic mass is 16.5. The van der Waals surface area contributed by atoms with Gasteiger partial charge in [-0.1, -0.05) is 31.2 Å². The van der Waals surface area contributed by atoms with Crippen LogP contribution in [0.2, 0.25) is 0 Å². The lowest BCUT2D eigenvalue weighted by molar-refractivity contribution is 0.306. The first-order valence-electron chi connectivity index (χ1n) is 7.06. The molecule has 0 unspecified atom stereocenters. The molecular formula is C18H20O2. The van der Waals surface area contributed by atoms with Crippen LogP contribution in [0, 0.1) is 0 Å². The predicted octanol–water partition coefficient (Wildman–Crippen LogP) is 4.33. The first-order chi connectivity index (χ1) is 9.69. The van der Waals surface area contributed by atoms with Gasteiger partial charge in [0.1, 0.15) is 18.1 Å². The third-order valence-electron chi connectivity index (χ3n) is 4.12. The molecule has 1 aliphatic carbocycles. The summed E-state index contributed by atoms with van der Waals surface area (Å²) in [6.07, 6.45) is 2.61. The quantitative estimate of drug-likeness (QED) is 0.803. The summed E-state index contributed by atoms with van der Waals surface area (Å²) >= 11 is 0. The van der Waals surface area contributed by atoms with Gasteiger partial charge in [0.15, 0.2) is 0 Å². The molecule has 1 aliphatic rings. The van der Waals surface area contributed by atoms with E-state index >= 15 is 0 Å². The topological polar surface area (TPSA) is 18.5 Å². The van der Waals surface area contributed by atoms with Gasteiger partial charge in [0, 0.05) is 0 Å². The van der Waals surface area contributed by atoms with Crippen LogP contribution in [-0.2, 0) is 12.0 Å². The van der Waals surface area contributed by atoms with E-state index in [0.717, 1.165) is 17.1 Å². The lowest BCUT2D eigenvalue weighted by Crippen LogP contribution is -2.00. The molecule has 0 aromatic heterocycles. The van der Waals surface area contributed by atoms with E-state index in [0.29, 0.717) is 12.0 Å². The fraction of sp³-hybridized carbons (Fsp3) is 0.333. The maximum Gasteiger partial charge on any atom is 0.119 e. The largest absolute Gasteiger partial charge is 0.497 e. The maximum absolute atomic E-state index is 5.81. The second kappa shape index (κ2) is 5.20. The van der Waals surface area contributed by atoms with Gasteiger partial charge in [0.25, 0.3) is 0 Å². The van der Waals surface area contributed by atoms with E-state index in [1.54, 1.807) is 7.11 Å². The molecule has 104 valence electrons. The van der Waals surface area contributed by atoms with Gasteiger partial charge in [-0.25, -0.2) is 0 Å². The van der Waals surface area contributed by atoms with Gasteiger partial charge in [-0.2, -0.15) is 0 Å². The second-order valence-corrected chi connectivity index (χ2v) is 5.72. The van der Waals surface area contributed by atoms with Gasteiger partial charge < -0.3 is 9.47 Å². The molecule has 0 heterocycles. The Labute approximate surface area is 120 Å². The normalized spacial score (nSPS) is 15.7. The van der Waals surface area contributed by atoms with E-state index in [9.17, 15) is 0 Å². The summed E-state index contributed by atoms with van der Waals surface area (Å²) in [4.78, 5) is 0. The Kier molecular flexibility index (Phi) is 3.39. The summed E-state index contributed by atoms with van der Waals surface area (Å²) < 4.78 is 11.0. The van der Waals surface area contributed by atoms with Crippen molar-refractivity contribution >= 4 is 0 Å². The Morgan fingerprint density at radius 1 is 0.900 bits per heavy atom. The van der Waals surface area contributed by atoms with Crippen LogP contribution in [0.25, 0.3) is 0 Å². The van der Waals surface area contributed by atoms with Gasteiger partial charge in [-0.3, -0.25) is 0 Å². The van der Waals surface area contributed by atoms with Gasteiger partial charge in [0.05, 0.1) is 7.11 Å². The maximum atomic E-state index is 5.81. The second-order valence-electron chi connectivity index (χ2n) is 5.72. The molecule has 2 aromatic carbocycles. The highest BCUT2D eigenvalue weighted by Gasteiger charge is 2.38. The SMILES string of the molecule is COc1ccc(COc2ccc(C3(C)CC3)cc2)cc1. The van der Waals surface area contributed by atoms with Crippen molar-refractivity contribution in [1.29, 1.82) is 0 Å². The van der Waals surface area contributed by atoms with Crippen molar-refractivity contribution in [2.45, 2.75) is 31.8 Å². The minimum atomic E-state index is 0.425. The summed E-state index contributed by atoms with van der Waals surface area (Å²) in [6.45, 7) is 2.90. The Bertz CT molecular complexity index is 565. The number of hydrogen-bond acceptors (Lipinski definition) is 2. The third kappa shape index (κ3) is 2.79. The van der Waals surface area contributed by atoms with Crippen molar-refractivity contribution in [1.82, 2.24) is 0 Å². The van der Waals surface area contributed by atoms with Crippen molar-refractivity contribution in [3.63, 3.8) is 0 Å². The summed E-state index contributed by atoms with van der Waals surface area (Å²) in [7, 11) is 1.67. The van der Waals surface area contributed by atoms with Crippen LogP contribution in [0.15, 0.2) is 48.5 Å². The number of benzene rings is 2. The van der Waals surface area contributed by atoms with E-state index < -0.39 is 0 Å². The van der Waals surface area contributed by atoms with Crippen LogP contribution in [0.3, 0.4) is 0 Å². The summed E-state index contributed by atoms with van der Waals surface area (Å²) in [5.41, 5.74) is 2.99. The van der Waals surface area contributed by atoms with Gasteiger partial charge in [-0.05, 0) is 53.6 Å². The van der Waals surface area contributed by atoms with E-state index in [2.05, 4.69) is 31.2 Å². The number of hydrogen-bond donors (Lipinski definition) is 0. The van der Waals surface area contributed by atoms with Crippen LogP contribution in [0.5, 0.6) is 11.5 Å². The molecule has 2 aromatic rings. The zero-order valence-electron chi connectivity index (χ0n) is 12.1. The highest BCUT2D eigenvalue weighted by Crippen LogP contribution is 2.47. The van der Waals surface area contributed by atoms with Crippen LogP contribution in [0.1, 0.15) is 30.9 Å². The molecule has 0 atom stereocenters. The fourth-order valence-electron chi connectivity index (χ4n) is 2.32. The number of methoxy groups -OCH3 is 1. The number of ether oxygens (including phenoxy) is 2. The Hall–Kier alpha value is -1.96. The molecule has 0 spiro atoms. The van der Waals surface area contributed by atoms with Crippen LogP contribution >= 0.6 is 0 Å². The smallest absolute Gasteiger partial charge is 0.119 e. The van der Waals surface area contributed by atoms with Crippen molar-refractivity contribution in [2.24, 2.45) is 0 Å². The standard InChI is InChI=1S/C18H20O2/c1-18(11-12-18)15-5-9-17(10-6-15)20-13-14-3-7-16(19-2)8-4-14/h3-10H,11-13H2,1-2H3. The van der Waals surface area contributed by atoms with E-state index in [4.69, 9.17) is 9.47 Å². The lowest BCUT2D eigenvalue weighted by Gasteiger charge is -2.11. The zero-order chi connectivity index (χ0) is 14.0. The van der Waals surface area contributed by atoms with E-state index in [1.807, 2.05) is 24.3 Å². The summed E-state index contributed by atoms with van der Waals surface area (Å²) in [5.74, 6) is 1.80. The average molecular weight is 268 g/mol. The Morgan fingerprint density at radius 3 is 2.05 bits per heavy atom. The predicted molar refractivity (Wildman–Crippen MR) is 80.4 cm³/mol. The Morgan fingerprint density at radius 2 is 1.50 bits per heavy atom. The van der Waals surface area contributed by atoms with Crippen molar-refractivity contribution in [3.05, 3.63) is 59.7 Å². The van der Waals surface area contributed by atoms with Crippen molar-refractivity contribution in [2.75, 3.05) is 7.11 Å².